The lowest BCUT2D eigenvalue weighted by molar-refractivity contribution is 0.660. The van der Waals surface area contributed by atoms with E-state index in [4.69, 9.17) is 0 Å². The smallest absolute Gasteiger partial charge is 0.0541 e. The molecule has 240 valence electrons. The summed E-state index contributed by atoms with van der Waals surface area (Å²) < 4.78 is 2.41. The summed E-state index contributed by atoms with van der Waals surface area (Å²) >= 11 is 0. The van der Waals surface area contributed by atoms with E-state index in [2.05, 4.69) is 195 Å². The molecule has 0 spiro atoms. The molecular formula is C48H38N2. The van der Waals surface area contributed by atoms with E-state index in [0.717, 1.165) is 22.7 Å². The second-order valence-electron chi connectivity index (χ2n) is 15.0. The van der Waals surface area contributed by atoms with E-state index in [1.165, 1.54) is 66.3 Å². The lowest BCUT2D eigenvalue weighted by Gasteiger charge is -2.29. The molecule has 2 aliphatic rings. The molecule has 8 aromatic rings. The van der Waals surface area contributed by atoms with Gasteiger partial charge in [-0.2, -0.15) is 0 Å². The van der Waals surface area contributed by atoms with Crippen LogP contribution in [0.15, 0.2) is 158 Å². The molecule has 1 aromatic heterocycles. The molecular weight excluding hydrogens is 605 g/mol. The second kappa shape index (κ2) is 10.3. The Labute approximate surface area is 293 Å². The zero-order valence-corrected chi connectivity index (χ0v) is 28.9. The van der Waals surface area contributed by atoms with Crippen LogP contribution in [-0.2, 0) is 10.8 Å². The molecule has 0 bridgehead atoms. The largest absolute Gasteiger partial charge is 0.310 e. The summed E-state index contributed by atoms with van der Waals surface area (Å²) in [5.74, 6) is 0. The normalized spacial score (nSPS) is 14.7. The van der Waals surface area contributed by atoms with Gasteiger partial charge in [0.2, 0.25) is 0 Å². The van der Waals surface area contributed by atoms with E-state index >= 15 is 0 Å². The van der Waals surface area contributed by atoms with Gasteiger partial charge < -0.3 is 9.47 Å². The zero-order chi connectivity index (χ0) is 33.8. The monoisotopic (exact) mass is 642 g/mol. The Bertz CT molecular complexity index is 2510. The quantitative estimate of drug-likeness (QED) is 0.185. The SMILES string of the molecule is CC1(C)c2ccccc2-c2cc(N(c3cccc(-n4c5ccccc5c5ccccc54)c3)c3ccc4c(c3)-c3ccccc3C4(C)C)ccc21. The fourth-order valence-electron chi connectivity index (χ4n) is 9.11. The first kappa shape index (κ1) is 29.1. The van der Waals surface area contributed by atoms with Gasteiger partial charge in [0.1, 0.15) is 0 Å². The summed E-state index contributed by atoms with van der Waals surface area (Å²) in [6.45, 7) is 9.40. The summed E-state index contributed by atoms with van der Waals surface area (Å²) in [5, 5.41) is 2.54. The van der Waals surface area contributed by atoms with Gasteiger partial charge in [0.05, 0.1) is 11.0 Å². The van der Waals surface area contributed by atoms with Gasteiger partial charge in [-0.1, -0.05) is 131 Å². The molecule has 50 heavy (non-hydrogen) atoms. The van der Waals surface area contributed by atoms with E-state index in [1.54, 1.807) is 0 Å². The number of anilines is 3. The van der Waals surface area contributed by atoms with Crippen molar-refractivity contribution in [3.63, 3.8) is 0 Å². The van der Waals surface area contributed by atoms with Gasteiger partial charge in [0, 0.05) is 44.4 Å². The maximum atomic E-state index is 2.46. The van der Waals surface area contributed by atoms with Gasteiger partial charge in [-0.15, -0.1) is 0 Å². The summed E-state index contributed by atoms with van der Waals surface area (Å²) in [7, 11) is 0. The molecule has 0 N–H and O–H groups in total. The number of hydrogen-bond acceptors (Lipinski definition) is 1. The predicted molar refractivity (Wildman–Crippen MR) is 211 cm³/mol. The standard InChI is InChI=1S/C48H38N2/c1-47(2)41-20-9-5-16-35(41)39-29-33(24-26-43(39)47)49(34-25-27-44-40(30-34)36-17-6-10-21-42(36)48(44,3)4)31-14-13-15-32(28-31)50-45-22-11-7-18-37(45)38-19-8-12-23-46(38)50/h5-30H,1-4H3. The molecule has 0 atom stereocenters. The van der Waals surface area contributed by atoms with Crippen molar-refractivity contribution in [3.8, 4) is 27.9 Å². The molecule has 0 radical (unpaired) electrons. The number of para-hydroxylation sites is 2. The summed E-state index contributed by atoms with van der Waals surface area (Å²) in [4.78, 5) is 2.46. The average Bonchev–Trinajstić information content (AvgIpc) is 3.69. The molecule has 2 nitrogen and oxygen atoms in total. The van der Waals surface area contributed by atoms with E-state index < -0.39 is 0 Å². The number of benzene rings is 7. The van der Waals surface area contributed by atoms with Crippen LogP contribution < -0.4 is 4.90 Å². The predicted octanol–water partition coefficient (Wildman–Crippen LogP) is 12.9. The topological polar surface area (TPSA) is 8.17 Å². The number of hydrogen-bond donors (Lipinski definition) is 0. The van der Waals surface area contributed by atoms with Crippen molar-refractivity contribution < 1.29 is 0 Å². The maximum Gasteiger partial charge on any atom is 0.0541 e. The summed E-state index contributed by atoms with van der Waals surface area (Å²) in [6.07, 6.45) is 0. The van der Waals surface area contributed by atoms with Crippen LogP contribution in [0, 0.1) is 0 Å². The number of aromatic nitrogens is 1. The van der Waals surface area contributed by atoms with Crippen molar-refractivity contribution in [3.05, 3.63) is 180 Å². The number of fused-ring (bicyclic) bond motifs is 9. The third-order valence-electron chi connectivity index (χ3n) is 11.6. The molecule has 0 saturated carbocycles. The van der Waals surface area contributed by atoms with E-state index in [-0.39, 0.29) is 10.8 Å². The maximum absolute atomic E-state index is 2.46. The number of rotatable bonds is 4. The van der Waals surface area contributed by atoms with E-state index in [9.17, 15) is 0 Å². The van der Waals surface area contributed by atoms with Gasteiger partial charge in [-0.05, 0) is 99.1 Å². The number of nitrogens with zero attached hydrogens (tertiary/aromatic N) is 2. The average molecular weight is 643 g/mol. The summed E-state index contributed by atoms with van der Waals surface area (Å²) in [6, 6.07) is 58.6. The fourth-order valence-corrected chi connectivity index (χ4v) is 9.11. The molecule has 0 aliphatic heterocycles. The highest BCUT2D eigenvalue weighted by atomic mass is 15.1. The Hall–Kier alpha value is -5.86. The second-order valence-corrected chi connectivity index (χ2v) is 15.0. The fraction of sp³-hybridized carbons (Fsp3) is 0.125. The minimum atomic E-state index is -0.0470. The molecule has 0 amide bonds. The van der Waals surface area contributed by atoms with Crippen LogP contribution >= 0.6 is 0 Å². The molecule has 2 aliphatic carbocycles. The molecule has 7 aromatic carbocycles. The third kappa shape index (κ3) is 3.96. The lowest BCUT2D eigenvalue weighted by Crippen LogP contribution is -2.16. The Morgan fingerprint density at radius 1 is 0.380 bits per heavy atom. The Kier molecular flexibility index (Phi) is 6.01. The molecule has 2 heteroatoms. The van der Waals surface area contributed by atoms with Crippen LogP contribution in [-0.4, -0.2) is 4.57 Å². The Morgan fingerprint density at radius 2 is 0.820 bits per heavy atom. The third-order valence-corrected chi connectivity index (χ3v) is 11.6. The minimum absolute atomic E-state index is 0.0470. The first-order chi connectivity index (χ1) is 24.3. The van der Waals surface area contributed by atoms with Crippen LogP contribution in [0.1, 0.15) is 49.9 Å². The van der Waals surface area contributed by atoms with Crippen LogP contribution in [0.3, 0.4) is 0 Å². The zero-order valence-electron chi connectivity index (χ0n) is 28.9. The lowest BCUT2D eigenvalue weighted by atomic mass is 9.82. The van der Waals surface area contributed by atoms with Crippen molar-refractivity contribution in [2.24, 2.45) is 0 Å². The van der Waals surface area contributed by atoms with Crippen molar-refractivity contribution >= 4 is 38.9 Å². The van der Waals surface area contributed by atoms with Gasteiger partial charge >= 0.3 is 0 Å². The van der Waals surface area contributed by atoms with Crippen molar-refractivity contribution in [1.29, 1.82) is 0 Å². The molecule has 0 unspecified atom stereocenters. The highest BCUT2D eigenvalue weighted by molar-refractivity contribution is 6.09. The first-order valence-corrected chi connectivity index (χ1v) is 17.7. The van der Waals surface area contributed by atoms with Gasteiger partial charge in [0.15, 0.2) is 0 Å². The minimum Gasteiger partial charge on any atom is -0.310 e. The van der Waals surface area contributed by atoms with Gasteiger partial charge in [-0.3, -0.25) is 0 Å². The van der Waals surface area contributed by atoms with Gasteiger partial charge in [0.25, 0.3) is 0 Å². The summed E-state index contributed by atoms with van der Waals surface area (Å²) in [5.41, 5.74) is 17.8. The van der Waals surface area contributed by atoms with Crippen molar-refractivity contribution in [1.82, 2.24) is 4.57 Å². The molecule has 1 heterocycles. The first-order valence-electron chi connectivity index (χ1n) is 17.7. The highest BCUT2D eigenvalue weighted by Crippen LogP contribution is 2.53. The molecule has 0 fully saturated rings. The molecule has 0 saturated heterocycles. The van der Waals surface area contributed by atoms with E-state index in [0.29, 0.717) is 0 Å². The van der Waals surface area contributed by atoms with Crippen LogP contribution in [0.2, 0.25) is 0 Å². The van der Waals surface area contributed by atoms with Crippen LogP contribution in [0.4, 0.5) is 17.1 Å². The van der Waals surface area contributed by atoms with Crippen LogP contribution in [0.25, 0.3) is 49.7 Å². The van der Waals surface area contributed by atoms with Crippen molar-refractivity contribution in [2.75, 3.05) is 4.90 Å². The van der Waals surface area contributed by atoms with Crippen molar-refractivity contribution in [2.45, 2.75) is 38.5 Å². The molecule has 10 rings (SSSR count). The van der Waals surface area contributed by atoms with Gasteiger partial charge in [-0.25, -0.2) is 0 Å². The Balaban J connectivity index is 1.21. The Morgan fingerprint density at radius 3 is 1.36 bits per heavy atom. The van der Waals surface area contributed by atoms with Crippen LogP contribution in [0.5, 0.6) is 0 Å². The van der Waals surface area contributed by atoms with E-state index in [1.807, 2.05) is 0 Å². The highest BCUT2D eigenvalue weighted by Gasteiger charge is 2.37.